The van der Waals surface area contributed by atoms with Crippen molar-refractivity contribution in [3.63, 3.8) is 0 Å². The van der Waals surface area contributed by atoms with Gasteiger partial charge in [-0.05, 0) is 33.2 Å². The SMILES string of the molecule is CC(C)(C)OC(=O)N1CCN(CCN2CC(CN)CC2=O)CC1. The molecule has 2 N–H and O–H groups in total. The number of nitrogens with zero attached hydrogens (tertiary/aromatic N) is 3. The van der Waals surface area contributed by atoms with Gasteiger partial charge in [-0.2, -0.15) is 0 Å². The van der Waals surface area contributed by atoms with E-state index in [1.165, 1.54) is 0 Å². The molecule has 2 amide bonds. The van der Waals surface area contributed by atoms with Gasteiger partial charge in [-0.3, -0.25) is 9.69 Å². The fourth-order valence-corrected chi connectivity index (χ4v) is 2.97. The molecule has 132 valence electrons. The molecule has 0 aliphatic carbocycles. The summed E-state index contributed by atoms with van der Waals surface area (Å²) in [5.41, 5.74) is 5.19. The number of rotatable bonds is 4. The maximum atomic E-state index is 12.0. The highest BCUT2D eigenvalue weighted by Gasteiger charge is 2.29. The van der Waals surface area contributed by atoms with Crippen LogP contribution in [0.4, 0.5) is 4.79 Å². The molecule has 2 aliphatic rings. The summed E-state index contributed by atoms with van der Waals surface area (Å²) in [7, 11) is 0. The number of amides is 2. The zero-order valence-corrected chi connectivity index (χ0v) is 14.6. The van der Waals surface area contributed by atoms with Gasteiger partial charge < -0.3 is 20.3 Å². The molecule has 7 heteroatoms. The Morgan fingerprint density at radius 1 is 1.22 bits per heavy atom. The number of ether oxygens (including phenoxy) is 1. The summed E-state index contributed by atoms with van der Waals surface area (Å²) in [6.07, 6.45) is 0.348. The maximum Gasteiger partial charge on any atom is 0.410 e. The number of carbonyl (C=O) groups excluding carboxylic acids is 2. The van der Waals surface area contributed by atoms with Gasteiger partial charge in [0.2, 0.25) is 5.91 Å². The molecule has 0 radical (unpaired) electrons. The third-order valence-corrected chi connectivity index (χ3v) is 4.34. The highest BCUT2D eigenvalue weighted by atomic mass is 16.6. The first-order valence-corrected chi connectivity index (χ1v) is 8.46. The van der Waals surface area contributed by atoms with E-state index in [0.717, 1.165) is 32.7 Å². The van der Waals surface area contributed by atoms with E-state index in [9.17, 15) is 9.59 Å². The first-order chi connectivity index (χ1) is 10.8. The molecule has 7 nitrogen and oxygen atoms in total. The molecule has 0 aromatic carbocycles. The maximum absolute atomic E-state index is 12.0. The van der Waals surface area contributed by atoms with Crippen LogP contribution in [0.2, 0.25) is 0 Å². The normalized spacial score (nSPS) is 23.5. The van der Waals surface area contributed by atoms with Crippen LogP contribution in [0.25, 0.3) is 0 Å². The van der Waals surface area contributed by atoms with E-state index in [0.29, 0.717) is 32.0 Å². The standard InChI is InChI=1S/C16H30N4O3/c1-16(2,3)23-15(22)19-7-4-18(5-8-19)6-9-20-12-13(11-17)10-14(20)21/h13H,4-12,17H2,1-3H3. The Morgan fingerprint density at radius 3 is 2.39 bits per heavy atom. The van der Waals surface area contributed by atoms with Crippen LogP contribution in [0, 0.1) is 5.92 Å². The van der Waals surface area contributed by atoms with Crippen LogP contribution in [0.1, 0.15) is 27.2 Å². The number of likely N-dealkylation sites (tertiary alicyclic amines) is 1. The number of hydrogen-bond acceptors (Lipinski definition) is 5. The second-order valence-corrected chi connectivity index (χ2v) is 7.45. The van der Waals surface area contributed by atoms with E-state index in [2.05, 4.69) is 4.90 Å². The Bertz CT molecular complexity index is 428. The highest BCUT2D eigenvalue weighted by Crippen LogP contribution is 2.16. The lowest BCUT2D eigenvalue weighted by Gasteiger charge is -2.36. The van der Waals surface area contributed by atoms with E-state index in [1.54, 1.807) is 4.90 Å². The lowest BCUT2D eigenvalue weighted by molar-refractivity contribution is -0.127. The van der Waals surface area contributed by atoms with Crippen LogP contribution in [-0.4, -0.2) is 84.7 Å². The van der Waals surface area contributed by atoms with Gasteiger partial charge in [0.1, 0.15) is 5.60 Å². The molecule has 1 atom stereocenters. The van der Waals surface area contributed by atoms with Gasteiger partial charge in [-0.1, -0.05) is 0 Å². The second kappa shape index (κ2) is 7.49. The second-order valence-electron chi connectivity index (χ2n) is 7.45. The van der Waals surface area contributed by atoms with Crippen LogP contribution >= 0.6 is 0 Å². The van der Waals surface area contributed by atoms with Crippen molar-refractivity contribution in [1.82, 2.24) is 14.7 Å². The highest BCUT2D eigenvalue weighted by molar-refractivity contribution is 5.78. The van der Waals surface area contributed by atoms with Crippen LogP contribution in [0.3, 0.4) is 0 Å². The summed E-state index contributed by atoms with van der Waals surface area (Å²) >= 11 is 0. The van der Waals surface area contributed by atoms with Crippen LogP contribution in [0.5, 0.6) is 0 Å². The van der Waals surface area contributed by atoms with E-state index >= 15 is 0 Å². The third kappa shape index (κ3) is 5.35. The Kier molecular flexibility index (Phi) is 5.86. The minimum absolute atomic E-state index is 0.216. The van der Waals surface area contributed by atoms with E-state index in [4.69, 9.17) is 10.5 Å². The van der Waals surface area contributed by atoms with Gasteiger partial charge in [0.25, 0.3) is 0 Å². The summed E-state index contributed by atoms with van der Waals surface area (Å²) in [5.74, 6) is 0.527. The predicted octanol–water partition coefficient (Wildman–Crippen LogP) is 0.346. The first-order valence-electron chi connectivity index (χ1n) is 8.46. The fourth-order valence-electron chi connectivity index (χ4n) is 2.97. The number of carbonyl (C=O) groups is 2. The van der Waals surface area contributed by atoms with E-state index in [1.807, 2.05) is 25.7 Å². The molecule has 2 heterocycles. The number of piperazine rings is 1. The van der Waals surface area contributed by atoms with Crippen molar-refractivity contribution in [3.8, 4) is 0 Å². The van der Waals surface area contributed by atoms with Crippen molar-refractivity contribution in [3.05, 3.63) is 0 Å². The molecule has 0 saturated carbocycles. The van der Waals surface area contributed by atoms with Gasteiger partial charge in [0.15, 0.2) is 0 Å². The Labute approximate surface area is 138 Å². The molecule has 23 heavy (non-hydrogen) atoms. The van der Waals surface area contributed by atoms with E-state index in [-0.39, 0.29) is 12.0 Å². The van der Waals surface area contributed by atoms with Gasteiger partial charge in [-0.25, -0.2) is 4.79 Å². The smallest absolute Gasteiger partial charge is 0.410 e. The number of nitrogens with two attached hydrogens (primary N) is 1. The summed E-state index contributed by atoms with van der Waals surface area (Å²) in [6, 6.07) is 0. The van der Waals surface area contributed by atoms with E-state index < -0.39 is 5.60 Å². The van der Waals surface area contributed by atoms with Crippen molar-refractivity contribution in [2.45, 2.75) is 32.8 Å². The molecule has 2 rings (SSSR count). The van der Waals surface area contributed by atoms with Crippen molar-refractivity contribution in [2.24, 2.45) is 11.7 Å². The summed E-state index contributed by atoms with van der Waals surface area (Å²) < 4.78 is 5.40. The molecule has 2 aliphatic heterocycles. The van der Waals surface area contributed by atoms with Gasteiger partial charge in [0, 0.05) is 52.2 Å². The molecule has 0 bridgehead atoms. The zero-order valence-electron chi connectivity index (χ0n) is 14.6. The Balaban J connectivity index is 1.69. The van der Waals surface area contributed by atoms with Crippen molar-refractivity contribution < 1.29 is 14.3 Å². The lowest BCUT2D eigenvalue weighted by Crippen LogP contribution is -2.51. The number of hydrogen-bond donors (Lipinski definition) is 1. The van der Waals surface area contributed by atoms with Gasteiger partial charge in [0.05, 0.1) is 0 Å². The predicted molar refractivity (Wildman–Crippen MR) is 88.0 cm³/mol. The molecule has 2 saturated heterocycles. The summed E-state index contributed by atoms with van der Waals surface area (Å²) in [6.45, 7) is 11.6. The lowest BCUT2D eigenvalue weighted by atomic mass is 10.1. The van der Waals surface area contributed by atoms with Crippen LogP contribution < -0.4 is 5.73 Å². The van der Waals surface area contributed by atoms with Gasteiger partial charge in [-0.15, -0.1) is 0 Å². The fraction of sp³-hybridized carbons (Fsp3) is 0.875. The molecule has 0 aromatic rings. The van der Waals surface area contributed by atoms with Crippen molar-refractivity contribution >= 4 is 12.0 Å². The molecular weight excluding hydrogens is 296 g/mol. The Hall–Kier alpha value is -1.34. The Morgan fingerprint density at radius 2 is 1.87 bits per heavy atom. The minimum atomic E-state index is -0.454. The molecular formula is C16H30N4O3. The first kappa shape index (κ1) is 18.0. The summed E-state index contributed by atoms with van der Waals surface area (Å²) in [5, 5.41) is 0. The van der Waals surface area contributed by atoms with Crippen molar-refractivity contribution in [1.29, 1.82) is 0 Å². The molecule has 1 unspecified atom stereocenters. The topological polar surface area (TPSA) is 79.1 Å². The van der Waals surface area contributed by atoms with Crippen LogP contribution in [0.15, 0.2) is 0 Å². The zero-order chi connectivity index (χ0) is 17.0. The largest absolute Gasteiger partial charge is 0.444 e. The average Bonchev–Trinajstić information content (AvgIpc) is 2.84. The monoisotopic (exact) mass is 326 g/mol. The minimum Gasteiger partial charge on any atom is -0.444 e. The average molecular weight is 326 g/mol. The third-order valence-electron chi connectivity index (χ3n) is 4.34. The van der Waals surface area contributed by atoms with Crippen LogP contribution in [-0.2, 0) is 9.53 Å². The van der Waals surface area contributed by atoms with Crippen molar-refractivity contribution in [2.75, 3.05) is 52.4 Å². The molecule has 0 spiro atoms. The molecule has 0 aromatic heterocycles. The quantitative estimate of drug-likeness (QED) is 0.806. The van der Waals surface area contributed by atoms with Gasteiger partial charge >= 0.3 is 6.09 Å². The molecule has 2 fully saturated rings. The summed E-state index contributed by atoms with van der Waals surface area (Å²) in [4.78, 5) is 29.9.